The molecule has 4 aromatic rings. The fraction of sp³-hybridized carbons (Fsp3) is 0.111. The Hall–Kier alpha value is -3.73. The molecule has 148 valence electrons. The maximum Gasteiger partial charge on any atom is 0.218 e. The highest BCUT2D eigenvalue weighted by molar-refractivity contribution is 7.90. The molecule has 3 heterocycles. The first kappa shape index (κ1) is 18.6. The van der Waals surface area contributed by atoms with E-state index in [4.69, 9.17) is 9.15 Å². The van der Waals surface area contributed by atoms with Crippen molar-refractivity contribution in [3.63, 3.8) is 0 Å². The summed E-state index contributed by atoms with van der Waals surface area (Å²) in [6.45, 7) is 0. The second-order valence-electron chi connectivity index (χ2n) is 6.02. The highest BCUT2D eigenvalue weighted by Gasteiger charge is 2.13. The molecule has 4 rings (SSSR count). The molecule has 0 aliphatic heterocycles. The molecule has 29 heavy (non-hydrogen) atoms. The number of hydrogen-bond donors (Lipinski definition) is 1. The number of nitrogens with one attached hydrogen (secondary N) is 1. The first-order valence-corrected chi connectivity index (χ1v) is 10.3. The Bertz CT molecular complexity index is 1310. The van der Waals surface area contributed by atoms with Crippen LogP contribution >= 0.6 is 0 Å². The van der Waals surface area contributed by atoms with Gasteiger partial charge in [-0.2, -0.15) is 10.2 Å². The summed E-state index contributed by atoms with van der Waals surface area (Å²) >= 11 is 0. The zero-order chi connectivity index (χ0) is 20.4. The van der Waals surface area contributed by atoms with Gasteiger partial charge in [-0.05, 0) is 24.3 Å². The van der Waals surface area contributed by atoms with Crippen molar-refractivity contribution in [3.8, 4) is 11.4 Å². The average molecular weight is 412 g/mol. The summed E-state index contributed by atoms with van der Waals surface area (Å²) in [5.74, 6) is 1.43. The summed E-state index contributed by atoms with van der Waals surface area (Å²) in [6, 6.07) is 10.3. The van der Waals surface area contributed by atoms with Gasteiger partial charge in [-0.15, -0.1) is 0 Å². The largest absolute Gasteiger partial charge is 0.497 e. The van der Waals surface area contributed by atoms with Gasteiger partial charge in [0.15, 0.2) is 11.5 Å². The van der Waals surface area contributed by atoms with Gasteiger partial charge in [0, 0.05) is 12.3 Å². The molecule has 1 N–H and O–H groups in total. The van der Waals surface area contributed by atoms with Crippen LogP contribution in [0.25, 0.3) is 16.7 Å². The number of rotatable bonds is 6. The van der Waals surface area contributed by atoms with E-state index in [1.807, 2.05) is 24.3 Å². The summed E-state index contributed by atoms with van der Waals surface area (Å²) in [4.78, 5) is 8.48. The standard InChI is InChI=1S/C18H16N6O4S/c1-27-13-5-3-4-12(8-13)24-18-15(10-22-24)17(19-11-20-18)23-21-9-14-6-7-16(28-14)29(2,25)26/h3-11H,1-2H3,(H,19,20,23). The van der Waals surface area contributed by atoms with Gasteiger partial charge in [-0.1, -0.05) is 6.07 Å². The molecule has 3 aromatic heterocycles. The number of fused-ring (bicyclic) bond motifs is 1. The van der Waals surface area contributed by atoms with E-state index >= 15 is 0 Å². The zero-order valence-corrected chi connectivity index (χ0v) is 16.3. The van der Waals surface area contributed by atoms with E-state index in [0.717, 1.165) is 11.9 Å². The molecule has 0 amide bonds. The minimum absolute atomic E-state index is 0.122. The predicted octanol–water partition coefficient (Wildman–Crippen LogP) is 2.27. The Labute approximate surface area is 165 Å². The van der Waals surface area contributed by atoms with Crippen LogP contribution in [0.1, 0.15) is 5.76 Å². The van der Waals surface area contributed by atoms with E-state index in [1.165, 1.54) is 24.7 Å². The highest BCUT2D eigenvalue weighted by atomic mass is 32.2. The number of hydrazone groups is 1. The van der Waals surface area contributed by atoms with Crippen molar-refractivity contribution in [2.75, 3.05) is 18.8 Å². The lowest BCUT2D eigenvalue weighted by molar-refractivity contribution is 0.414. The number of ether oxygens (including phenoxy) is 1. The van der Waals surface area contributed by atoms with Crippen molar-refractivity contribution in [2.45, 2.75) is 5.09 Å². The molecule has 0 atom stereocenters. The maximum absolute atomic E-state index is 11.5. The van der Waals surface area contributed by atoms with Gasteiger partial charge >= 0.3 is 0 Å². The third-order valence-electron chi connectivity index (χ3n) is 3.99. The van der Waals surface area contributed by atoms with E-state index in [-0.39, 0.29) is 10.9 Å². The van der Waals surface area contributed by atoms with E-state index in [2.05, 4.69) is 25.6 Å². The van der Waals surface area contributed by atoms with Gasteiger partial charge in [0.05, 0.1) is 30.6 Å². The van der Waals surface area contributed by atoms with Gasteiger partial charge in [0.25, 0.3) is 0 Å². The van der Waals surface area contributed by atoms with Crippen LogP contribution < -0.4 is 10.2 Å². The number of hydrogen-bond acceptors (Lipinski definition) is 9. The fourth-order valence-electron chi connectivity index (χ4n) is 2.62. The van der Waals surface area contributed by atoms with E-state index in [9.17, 15) is 8.42 Å². The van der Waals surface area contributed by atoms with Crippen LogP contribution in [-0.2, 0) is 9.84 Å². The zero-order valence-electron chi connectivity index (χ0n) is 15.5. The highest BCUT2D eigenvalue weighted by Crippen LogP contribution is 2.23. The minimum atomic E-state index is -3.41. The molecular formula is C18H16N6O4S. The monoisotopic (exact) mass is 412 g/mol. The van der Waals surface area contributed by atoms with Gasteiger partial charge in [-0.3, -0.25) is 5.43 Å². The third kappa shape index (κ3) is 3.80. The Morgan fingerprint density at radius 1 is 1.24 bits per heavy atom. The molecule has 1 aromatic carbocycles. The molecule has 0 saturated carbocycles. The third-order valence-corrected chi connectivity index (χ3v) is 4.94. The van der Waals surface area contributed by atoms with E-state index < -0.39 is 9.84 Å². The van der Waals surface area contributed by atoms with Crippen molar-refractivity contribution in [1.29, 1.82) is 0 Å². The molecule has 0 spiro atoms. The smallest absolute Gasteiger partial charge is 0.218 e. The summed E-state index contributed by atoms with van der Waals surface area (Å²) in [6.07, 6.45) is 5.45. The Kier molecular flexibility index (Phi) is 4.72. The second-order valence-corrected chi connectivity index (χ2v) is 7.96. The number of methoxy groups -OCH3 is 1. The lowest BCUT2D eigenvalue weighted by atomic mass is 10.3. The normalized spacial score (nSPS) is 11.9. The number of sulfone groups is 1. The fourth-order valence-corrected chi connectivity index (χ4v) is 3.19. The Morgan fingerprint density at radius 2 is 2.10 bits per heavy atom. The van der Waals surface area contributed by atoms with E-state index in [1.54, 1.807) is 18.0 Å². The van der Waals surface area contributed by atoms with Crippen molar-refractivity contribution in [2.24, 2.45) is 5.10 Å². The van der Waals surface area contributed by atoms with Crippen LogP contribution in [0.2, 0.25) is 0 Å². The van der Waals surface area contributed by atoms with E-state index in [0.29, 0.717) is 22.6 Å². The molecule has 0 unspecified atom stereocenters. The maximum atomic E-state index is 11.5. The average Bonchev–Trinajstić information content (AvgIpc) is 3.35. The Balaban J connectivity index is 1.60. The summed E-state index contributed by atoms with van der Waals surface area (Å²) in [5.41, 5.74) is 4.18. The van der Waals surface area contributed by atoms with Crippen LogP contribution in [0.3, 0.4) is 0 Å². The molecule has 0 saturated heterocycles. The Morgan fingerprint density at radius 3 is 2.86 bits per heavy atom. The quantitative estimate of drug-likeness (QED) is 0.378. The number of furan rings is 1. The number of benzene rings is 1. The van der Waals surface area contributed by atoms with Crippen molar-refractivity contribution in [3.05, 3.63) is 54.7 Å². The molecular weight excluding hydrogens is 396 g/mol. The van der Waals surface area contributed by atoms with Crippen molar-refractivity contribution in [1.82, 2.24) is 19.7 Å². The molecule has 0 aliphatic carbocycles. The number of nitrogens with zero attached hydrogens (tertiary/aromatic N) is 5. The van der Waals surface area contributed by atoms with Crippen LogP contribution in [-0.4, -0.2) is 47.7 Å². The number of anilines is 1. The van der Waals surface area contributed by atoms with Crippen molar-refractivity contribution < 1.29 is 17.6 Å². The second kappa shape index (κ2) is 7.36. The van der Waals surface area contributed by atoms with Crippen LogP contribution in [0.5, 0.6) is 5.75 Å². The van der Waals surface area contributed by atoms with Crippen LogP contribution in [0.15, 0.2) is 63.5 Å². The molecule has 10 nitrogen and oxygen atoms in total. The summed E-state index contributed by atoms with van der Waals surface area (Å²) in [5, 5.41) is 8.97. The van der Waals surface area contributed by atoms with Gasteiger partial charge in [0.2, 0.25) is 14.9 Å². The number of aromatic nitrogens is 4. The molecule has 0 radical (unpaired) electrons. The molecule has 11 heteroatoms. The predicted molar refractivity (Wildman–Crippen MR) is 106 cm³/mol. The van der Waals surface area contributed by atoms with Gasteiger partial charge in [-0.25, -0.2) is 23.1 Å². The SMILES string of the molecule is COc1cccc(-n2ncc3c(NN=Cc4ccc(S(C)(=O)=O)o4)ncnc32)c1. The summed E-state index contributed by atoms with van der Waals surface area (Å²) < 4.78 is 35.1. The first-order valence-electron chi connectivity index (χ1n) is 8.38. The minimum Gasteiger partial charge on any atom is -0.497 e. The van der Waals surface area contributed by atoms with Crippen molar-refractivity contribution >= 4 is 32.9 Å². The molecule has 0 bridgehead atoms. The lowest BCUT2D eigenvalue weighted by Gasteiger charge is -2.06. The van der Waals surface area contributed by atoms with Crippen LogP contribution in [0.4, 0.5) is 5.82 Å². The lowest BCUT2D eigenvalue weighted by Crippen LogP contribution is -2.00. The molecule has 0 fully saturated rings. The van der Waals surface area contributed by atoms with Gasteiger partial charge in [0.1, 0.15) is 17.8 Å². The van der Waals surface area contributed by atoms with Gasteiger partial charge < -0.3 is 9.15 Å². The summed E-state index contributed by atoms with van der Waals surface area (Å²) in [7, 11) is -1.81. The topological polar surface area (TPSA) is 124 Å². The van der Waals surface area contributed by atoms with Crippen LogP contribution in [0, 0.1) is 0 Å². The first-order chi connectivity index (χ1) is 14.0. The molecule has 0 aliphatic rings.